The lowest BCUT2D eigenvalue weighted by molar-refractivity contribution is -0.138. The van der Waals surface area contributed by atoms with Gasteiger partial charge in [0.25, 0.3) is 9.05 Å². The molecule has 0 heterocycles. The molecule has 1 aromatic rings. The summed E-state index contributed by atoms with van der Waals surface area (Å²) in [6, 6.07) is 2.74. The van der Waals surface area contributed by atoms with Crippen molar-refractivity contribution < 1.29 is 21.6 Å². The molecule has 0 saturated carbocycles. The topological polar surface area (TPSA) is 83.9 Å². The van der Waals surface area contributed by atoms with Gasteiger partial charge in [0.1, 0.15) is 0 Å². The van der Waals surface area contributed by atoms with Gasteiger partial charge in [0.05, 0.1) is 22.1 Å². The van der Waals surface area contributed by atoms with E-state index in [0.29, 0.717) is 6.07 Å². The predicted molar refractivity (Wildman–Crippen MR) is 57.1 cm³/mol. The molecule has 4 nitrogen and oxygen atoms in total. The van der Waals surface area contributed by atoms with Crippen LogP contribution in [0.4, 0.5) is 13.2 Å². The zero-order valence-corrected chi connectivity index (χ0v) is 10.2. The number of alkyl halides is 3. The molecule has 1 rings (SSSR count). The van der Waals surface area contributed by atoms with Gasteiger partial charge >= 0.3 is 6.18 Å². The maximum Gasteiger partial charge on any atom is 0.416 e. The molecule has 0 saturated heterocycles. The second-order valence-corrected chi connectivity index (χ2v) is 5.79. The molecule has 0 aliphatic rings. The van der Waals surface area contributed by atoms with Crippen molar-refractivity contribution in [1.82, 2.24) is 0 Å². The highest BCUT2D eigenvalue weighted by Crippen LogP contribution is 2.36. The first-order valence-corrected chi connectivity index (χ1v) is 6.71. The van der Waals surface area contributed by atoms with Crippen molar-refractivity contribution >= 4 is 19.7 Å². The molecule has 0 aliphatic heterocycles. The fourth-order valence-corrected chi connectivity index (χ4v) is 2.56. The SMILES string of the molecule is N#Cc1cc(C(F)(F)F)c(CN)c(S(=O)(=O)Cl)c1. The summed E-state index contributed by atoms with van der Waals surface area (Å²) in [5.41, 5.74) is 2.74. The van der Waals surface area contributed by atoms with Crippen LogP contribution in [0.2, 0.25) is 0 Å². The van der Waals surface area contributed by atoms with Crippen molar-refractivity contribution in [3.8, 4) is 6.07 Å². The monoisotopic (exact) mass is 298 g/mol. The van der Waals surface area contributed by atoms with Crippen LogP contribution in [0.5, 0.6) is 0 Å². The highest BCUT2D eigenvalue weighted by atomic mass is 35.7. The van der Waals surface area contributed by atoms with E-state index in [4.69, 9.17) is 21.7 Å². The Morgan fingerprint density at radius 1 is 1.39 bits per heavy atom. The Morgan fingerprint density at radius 2 is 1.94 bits per heavy atom. The Morgan fingerprint density at radius 3 is 2.28 bits per heavy atom. The van der Waals surface area contributed by atoms with Crippen LogP contribution in [-0.2, 0) is 21.8 Å². The summed E-state index contributed by atoms with van der Waals surface area (Å²) in [6.07, 6.45) is -4.82. The number of nitrogens with zero attached hydrogens (tertiary/aromatic N) is 1. The maximum absolute atomic E-state index is 12.7. The number of hydrogen-bond donors (Lipinski definition) is 1. The second kappa shape index (κ2) is 4.76. The molecular weight excluding hydrogens is 293 g/mol. The van der Waals surface area contributed by atoms with Crippen molar-refractivity contribution in [2.75, 3.05) is 0 Å². The van der Waals surface area contributed by atoms with Gasteiger partial charge in [-0.15, -0.1) is 0 Å². The van der Waals surface area contributed by atoms with Gasteiger partial charge < -0.3 is 5.73 Å². The van der Waals surface area contributed by atoms with E-state index in [1.165, 1.54) is 6.07 Å². The van der Waals surface area contributed by atoms with Crippen molar-refractivity contribution in [1.29, 1.82) is 5.26 Å². The van der Waals surface area contributed by atoms with Gasteiger partial charge in [-0.05, 0) is 17.7 Å². The number of benzene rings is 1. The van der Waals surface area contributed by atoms with Gasteiger partial charge in [-0.3, -0.25) is 0 Å². The van der Waals surface area contributed by atoms with E-state index < -0.39 is 43.4 Å². The van der Waals surface area contributed by atoms with Crippen LogP contribution in [0, 0.1) is 11.3 Å². The lowest BCUT2D eigenvalue weighted by atomic mass is 10.0. The van der Waals surface area contributed by atoms with Gasteiger partial charge in [0.2, 0.25) is 0 Å². The van der Waals surface area contributed by atoms with Gasteiger partial charge in [-0.25, -0.2) is 8.42 Å². The molecule has 0 radical (unpaired) electrons. The van der Waals surface area contributed by atoms with Gasteiger partial charge in [-0.2, -0.15) is 18.4 Å². The quantitative estimate of drug-likeness (QED) is 0.846. The summed E-state index contributed by atoms with van der Waals surface area (Å²) in [4.78, 5) is -0.793. The van der Waals surface area contributed by atoms with Crippen molar-refractivity contribution in [2.45, 2.75) is 17.6 Å². The zero-order valence-electron chi connectivity index (χ0n) is 8.62. The van der Waals surface area contributed by atoms with Crippen molar-refractivity contribution in [3.05, 3.63) is 28.8 Å². The minimum Gasteiger partial charge on any atom is -0.326 e. The molecule has 0 atom stereocenters. The fraction of sp³-hybridized carbons (Fsp3) is 0.222. The number of halogens is 4. The lowest BCUT2D eigenvalue weighted by Gasteiger charge is -2.14. The molecule has 0 amide bonds. The molecule has 0 aromatic heterocycles. The number of nitrogens with two attached hydrogens (primary N) is 1. The van der Waals surface area contributed by atoms with E-state index in [-0.39, 0.29) is 0 Å². The van der Waals surface area contributed by atoms with E-state index in [1.54, 1.807) is 0 Å². The van der Waals surface area contributed by atoms with E-state index in [2.05, 4.69) is 0 Å². The minimum absolute atomic E-state index is 0.459. The number of rotatable bonds is 2. The largest absolute Gasteiger partial charge is 0.416 e. The van der Waals surface area contributed by atoms with E-state index in [0.717, 1.165) is 6.07 Å². The summed E-state index contributed by atoms with van der Waals surface area (Å²) >= 11 is 0. The van der Waals surface area contributed by atoms with E-state index in [1.807, 2.05) is 0 Å². The molecular formula is C9H6ClF3N2O2S. The molecule has 0 unspecified atom stereocenters. The highest BCUT2D eigenvalue weighted by Gasteiger charge is 2.36. The standard InChI is InChI=1S/C9H6ClF3N2O2S/c10-18(16,17)8-2-5(3-14)1-7(6(8)4-15)9(11,12)13/h1-2H,4,15H2. The second-order valence-electron chi connectivity index (χ2n) is 3.25. The Balaban J connectivity index is 3.79. The molecule has 98 valence electrons. The Kier molecular flexibility index (Phi) is 3.90. The molecule has 18 heavy (non-hydrogen) atoms. The predicted octanol–water partition coefficient (Wildman–Crippen LogP) is 1.96. The summed E-state index contributed by atoms with van der Waals surface area (Å²) in [6.45, 7) is -0.665. The van der Waals surface area contributed by atoms with Gasteiger partial charge in [0.15, 0.2) is 0 Å². The molecule has 9 heteroatoms. The summed E-state index contributed by atoms with van der Waals surface area (Å²) in [5.74, 6) is 0. The maximum atomic E-state index is 12.7. The fourth-order valence-electron chi connectivity index (χ4n) is 1.39. The summed E-state index contributed by atoms with van der Waals surface area (Å²) in [7, 11) is 0.614. The summed E-state index contributed by atoms with van der Waals surface area (Å²) < 4.78 is 60.5. The molecule has 2 N–H and O–H groups in total. The van der Waals surface area contributed by atoms with Crippen LogP contribution in [0.15, 0.2) is 17.0 Å². The van der Waals surface area contributed by atoms with Crippen LogP contribution in [0.1, 0.15) is 16.7 Å². The first-order chi connectivity index (χ1) is 8.11. The number of hydrogen-bond acceptors (Lipinski definition) is 4. The highest BCUT2D eigenvalue weighted by molar-refractivity contribution is 8.13. The molecule has 0 spiro atoms. The normalized spacial score (nSPS) is 12.2. The van der Waals surface area contributed by atoms with Crippen molar-refractivity contribution in [3.63, 3.8) is 0 Å². The Labute approximate surface area is 105 Å². The first-order valence-electron chi connectivity index (χ1n) is 4.40. The van der Waals surface area contributed by atoms with Gasteiger partial charge in [0, 0.05) is 17.2 Å². The summed E-state index contributed by atoms with van der Waals surface area (Å²) in [5, 5.41) is 8.60. The third kappa shape index (κ3) is 2.93. The van der Waals surface area contributed by atoms with Crippen LogP contribution < -0.4 is 5.73 Å². The van der Waals surface area contributed by atoms with E-state index in [9.17, 15) is 21.6 Å². The average molecular weight is 299 g/mol. The van der Waals surface area contributed by atoms with E-state index >= 15 is 0 Å². The Hall–Kier alpha value is -1.30. The number of nitriles is 1. The smallest absolute Gasteiger partial charge is 0.326 e. The first kappa shape index (κ1) is 14.8. The van der Waals surface area contributed by atoms with Crippen LogP contribution >= 0.6 is 10.7 Å². The van der Waals surface area contributed by atoms with Gasteiger partial charge in [-0.1, -0.05) is 0 Å². The molecule has 0 bridgehead atoms. The third-order valence-corrected chi connectivity index (χ3v) is 3.50. The van der Waals surface area contributed by atoms with Crippen LogP contribution in [-0.4, -0.2) is 8.42 Å². The molecule has 1 aromatic carbocycles. The van der Waals surface area contributed by atoms with Crippen molar-refractivity contribution in [2.24, 2.45) is 5.73 Å². The van der Waals surface area contributed by atoms with Crippen LogP contribution in [0.25, 0.3) is 0 Å². The molecule has 0 aliphatic carbocycles. The third-order valence-electron chi connectivity index (χ3n) is 2.11. The zero-order chi connectivity index (χ0) is 14.1. The minimum atomic E-state index is -4.82. The molecule has 0 fully saturated rings. The average Bonchev–Trinajstić information content (AvgIpc) is 2.24. The Bertz CT molecular complexity index is 620. The lowest BCUT2D eigenvalue weighted by Crippen LogP contribution is -2.15. The van der Waals surface area contributed by atoms with Crippen LogP contribution in [0.3, 0.4) is 0 Å².